The number of benzene rings is 2. The molecule has 1 aliphatic heterocycles. The highest BCUT2D eigenvalue weighted by atomic mass is 35.5. The first-order chi connectivity index (χ1) is 12.2. The summed E-state index contributed by atoms with van der Waals surface area (Å²) in [5.74, 6) is 0.354. The van der Waals surface area contributed by atoms with E-state index in [-0.39, 0.29) is 28.2 Å². The lowest BCUT2D eigenvalue weighted by atomic mass is 9.89. The number of ether oxygens (including phenoxy) is 1. The van der Waals surface area contributed by atoms with Crippen molar-refractivity contribution in [2.45, 2.75) is 38.8 Å². The highest BCUT2D eigenvalue weighted by Gasteiger charge is 2.34. The third-order valence-electron chi connectivity index (χ3n) is 4.34. The van der Waals surface area contributed by atoms with Gasteiger partial charge >= 0.3 is 0 Å². The van der Waals surface area contributed by atoms with Crippen molar-refractivity contribution in [3.8, 4) is 5.75 Å². The predicted molar refractivity (Wildman–Crippen MR) is 98.8 cm³/mol. The maximum Gasteiger partial charge on any atom is 0.288 e. The van der Waals surface area contributed by atoms with Crippen molar-refractivity contribution < 1.29 is 14.5 Å². The summed E-state index contributed by atoms with van der Waals surface area (Å²) in [4.78, 5) is 23.1. The molecule has 1 amide bonds. The highest BCUT2D eigenvalue weighted by Crippen LogP contribution is 2.40. The van der Waals surface area contributed by atoms with Crippen LogP contribution in [0, 0.1) is 17.0 Å². The zero-order valence-corrected chi connectivity index (χ0v) is 15.5. The average molecular weight is 375 g/mol. The number of aryl methyl sites for hydroxylation is 1. The van der Waals surface area contributed by atoms with Crippen molar-refractivity contribution in [3.63, 3.8) is 0 Å². The van der Waals surface area contributed by atoms with Gasteiger partial charge < -0.3 is 10.1 Å². The number of halogens is 1. The third-order valence-corrected chi connectivity index (χ3v) is 4.66. The summed E-state index contributed by atoms with van der Waals surface area (Å²) in [5.41, 5.74) is 1.43. The monoisotopic (exact) mass is 374 g/mol. The average Bonchev–Trinajstić information content (AvgIpc) is 2.53. The zero-order valence-electron chi connectivity index (χ0n) is 14.7. The quantitative estimate of drug-likeness (QED) is 0.629. The Morgan fingerprint density at radius 3 is 2.73 bits per heavy atom. The molecule has 0 aromatic heterocycles. The van der Waals surface area contributed by atoms with Crippen LogP contribution in [0.3, 0.4) is 0 Å². The van der Waals surface area contributed by atoms with Gasteiger partial charge in [0, 0.05) is 23.6 Å². The van der Waals surface area contributed by atoms with Crippen LogP contribution in [0.4, 0.5) is 5.69 Å². The van der Waals surface area contributed by atoms with E-state index in [4.69, 9.17) is 16.3 Å². The van der Waals surface area contributed by atoms with Gasteiger partial charge in [0.25, 0.3) is 11.6 Å². The van der Waals surface area contributed by atoms with Gasteiger partial charge in [0.15, 0.2) is 0 Å². The Morgan fingerprint density at radius 1 is 1.31 bits per heavy atom. The fourth-order valence-corrected chi connectivity index (χ4v) is 3.31. The maximum absolute atomic E-state index is 12.7. The van der Waals surface area contributed by atoms with E-state index in [2.05, 4.69) is 5.32 Å². The van der Waals surface area contributed by atoms with Crippen LogP contribution in [-0.4, -0.2) is 16.4 Å². The molecule has 136 valence electrons. The molecule has 0 bridgehead atoms. The minimum absolute atomic E-state index is 0.000398. The van der Waals surface area contributed by atoms with E-state index in [9.17, 15) is 14.9 Å². The summed E-state index contributed by atoms with van der Waals surface area (Å²) in [7, 11) is 0. The molecule has 1 atom stereocenters. The second kappa shape index (κ2) is 6.61. The predicted octanol–water partition coefficient (Wildman–Crippen LogP) is 4.59. The Morgan fingerprint density at radius 2 is 2.04 bits per heavy atom. The molecule has 1 heterocycles. The molecular weight excluding hydrogens is 356 g/mol. The summed E-state index contributed by atoms with van der Waals surface area (Å²) >= 11 is 5.82. The van der Waals surface area contributed by atoms with Crippen LogP contribution in [0.25, 0.3) is 0 Å². The van der Waals surface area contributed by atoms with Crippen LogP contribution in [0.5, 0.6) is 5.75 Å². The molecule has 0 saturated carbocycles. The lowest BCUT2D eigenvalue weighted by molar-refractivity contribution is -0.384. The van der Waals surface area contributed by atoms with Crippen LogP contribution >= 0.6 is 11.6 Å². The standard InChI is InChI=1S/C19H19ClN2O4/c1-11-4-6-13-15(10-19(2,3)26-17(13)8-11)21-18(23)12-5-7-14(20)16(9-12)22(24)25/h4-9,15H,10H2,1-3H3,(H,21,23)/t15-/m0/s1. The number of nitrogens with one attached hydrogen (secondary N) is 1. The largest absolute Gasteiger partial charge is 0.487 e. The van der Waals surface area contributed by atoms with Gasteiger partial charge in [0.05, 0.1) is 11.0 Å². The first kappa shape index (κ1) is 18.2. The van der Waals surface area contributed by atoms with Crippen molar-refractivity contribution in [1.82, 2.24) is 5.32 Å². The van der Waals surface area contributed by atoms with E-state index in [0.717, 1.165) is 16.9 Å². The minimum atomic E-state index is -0.602. The van der Waals surface area contributed by atoms with Crippen LogP contribution in [0.15, 0.2) is 36.4 Å². The SMILES string of the molecule is Cc1ccc2c(c1)OC(C)(C)C[C@@H]2NC(=O)c1ccc(Cl)c([N+](=O)[O-])c1. The topological polar surface area (TPSA) is 81.5 Å². The van der Waals surface area contributed by atoms with E-state index in [0.29, 0.717) is 6.42 Å². The first-order valence-corrected chi connectivity index (χ1v) is 8.58. The molecule has 7 heteroatoms. The number of nitrogens with zero attached hydrogens (tertiary/aromatic N) is 1. The number of carbonyl (C=O) groups excluding carboxylic acids is 1. The van der Waals surface area contributed by atoms with Crippen LogP contribution in [0.2, 0.25) is 5.02 Å². The van der Waals surface area contributed by atoms with Crippen molar-refractivity contribution in [2.24, 2.45) is 0 Å². The van der Waals surface area contributed by atoms with Crippen molar-refractivity contribution in [3.05, 3.63) is 68.2 Å². The second-order valence-electron chi connectivity index (χ2n) is 7.06. The molecule has 3 rings (SSSR count). The number of carbonyl (C=O) groups is 1. The van der Waals surface area contributed by atoms with E-state index < -0.39 is 10.5 Å². The summed E-state index contributed by atoms with van der Waals surface area (Å²) in [6, 6.07) is 9.63. The van der Waals surface area contributed by atoms with E-state index in [1.807, 2.05) is 39.0 Å². The molecule has 0 radical (unpaired) electrons. The molecule has 0 saturated heterocycles. The molecule has 1 aliphatic rings. The normalized spacial score (nSPS) is 17.8. The first-order valence-electron chi connectivity index (χ1n) is 8.21. The van der Waals surface area contributed by atoms with Gasteiger partial charge in [-0.05, 0) is 44.5 Å². The molecular formula is C19H19ClN2O4. The number of amides is 1. The van der Waals surface area contributed by atoms with Crippen LogP contribution < -0.4 is 10.1 Å². The fraction of sp³-hybridized carbons (Fsp3) is 0.316. The molecule has 0 unspecified atom stereocenters. The highest BCUT2D eigenvalue weighted by molar-refractivity contribution is 6.32. The summed E-state index contributed by atoms with van der Waals surface area (Å²) in [6.45, 7) is 5.90. The molecule has 1 N–H and O–H groups in total. The molecule has 26 heavy (non-hydrogen) atoms. The van der Waals surface area contributed by atoms with Gasteiger partial charge in [-0.1, -0.05) is 23.7 Å². The molecule has 0 spiro atoms. The number of hydrogen-bond donors (Lipinski definition) is 1. The van der Waals surface area contributed by atoms with Crippen LogP contribution in [-0.2, 0) is 0 Å². The molecule has 2 aromatic carbocycles. The summed E-state index contributed by atoms with van der Waals surface area (Å²) in [6.07, 6.45) is 0.588. The Labute approximate surface area is 156 Å². The molecule has 2 aromatic rings. The Hall–Kier alpha value is -2.60. The van der Waals surface area contributed by atoms with Crippen LogP contribution in [0.1, 0.15) is 47.8 Å². The number of rotatable bonds is 3. The van der Waals surface area contributed by atoms with Gasteiger partial charge in [-0.25, -0.2) is 0 Å². The summed E-state index contributed by atoms with van der Waals surface area (Å²) in [5, 5.41) is 14.0. The van der Waals surface area contributed by atoms with Gasteiger partial charge in [-0.2, -0.15) is 0 Å². The van der Waals surface area contributed by atoms with E-state index in [1.54, 1.807) is 0 Å². The third kappa shape index (κ3) is 3.65. The van der Waals surface area contributed by atoms with Gasteiger partial charge in [-0.15, -0.1) is 0 Å². The van der Waals surface area contributed by atoms with Crippen molar-refractivity contribution in [1.29, 1.82) is 0 Å². The van der Waals surface area contributed by atoms with Gasteiger partial charge in [0.2, 0.25) is 0 Å². The number of nitro benzene ring substituents is 1. The molecule has 6 nitrogen and oxygen atoms in total. The van der Waals surface area contributed by atoms with Gasteiger partial charge in [0.1, 0.15) is 16.4 Å². The summed E-state index contributed by atoms with van der Waals surface area (Å²) < 4.78 is 6.03. The maximum atomic E-state index is 12.7. The molecule has 0 fully saturated rings. The lowest BCUT2D eigenvalue weighted by Crippen LogP contribution is -2.41. The second-order valence-corrected chi connectivity index (χ2v) is 7.46. The van der Waals surface area contributed by atoms with E-state index in [1.165, 1.54) is 18.2 Å². The number of nitro groups is 1. The van der Waals surface area contributed by atoms with Crippen molar-refractivity contribution >= 4 is 23.2 Å². The Kier molecular flexibility index (Phi) is 4.63. The zero-order chi connectivity index (χ0) is 19.1. The smallest absolute Gasteiger partial charge is 0.288 e. The number of hydrogen-bond acceptors (Lipinski definition) is 4. The lowest BCUT2D eigenvalue weighted by Gasteiger charge is -2.38. The minimum Gasteiger partial charge on any atom is -0.487 e. The van der Waals surface area contributed by atoms with Crippen molar-refractivity contribution in [2.75, 3.05) is 0 Å². The Bertz CT molecular complexity index is 895. The number of fused-ring (bicyclic) bond motifs is 1. The fourth-order valence-electron chi connectivity index (χ4n) is 3.12. The van der Waals surface area contributed by atoms with E-state index >= 15 is 0 Å². The molecule has 0 aliphatic carbocycles. The Balaban J connectivity index is 1.90. The van der Waals surface area contributed by atoms with Gasteiger partial charge in [-0.3, -0.25) is 14.9 Å².